The van der Waals surface area contributed by atoms with Crippen LogP contribution in [-0.2, 0) is 41.0 Å². The quantitative estimate of drug-likeness (QED) is 0.559. The molecule has 0 amide bonds. The molecule has 1 aromatic carbocycles. The second kappa shape index (κ2) is 7.03. The molecular formula is C11H16O9S3. The van der Waals surface area contributed by atoms with Gasteiger partial charge in [0.1, 0.15) is 11.5 Å². The van der Waals surface area contributed by atoms with Crippen LogP contribution in [0.25, 0.3) is 0 Å². The van der Waals surface area contributed by atoms with Gasteiger partial charge in [-0.25, -0.2) is 0 Å². The number of benzene rings is 1. The first-order chi connectivity index (χ1) is 10.3. The number of rotatable bonds is 8. The summed E-state index contributed by atoms with van der Waals surface area (Å²) in [5.41, 5.74) is 0.305. The Kier molecular flexibility index (Phi) is 6.01. The van der Waals surface area contributed by atoms with Gasteiger partial charge < -0.3 is 8.37 Å². The molecule has 0 saturated heterocycles. The molecule has 0 heterocycles. The lowest BCUT2D eigenvalue weighted by Crippen LogP contribution is -2.11. The van der Waals surface area contributed by atoms with Crippen molar-refractivity contribution < 1.29 is 37.8 Å². The topological polar surface area (TPSA) is 130 Å². The van der Waals surface area contributed by atoms with Gasteiger partial charge in [-0.3, -0.25) is 4.18 Å². The molecule has 0 aliphatic heterocycles. The zero-order chi connectivity index (χ0) is 17.9. The lowest BCUT2D eigenvalue weighted by atomic mass is 10.1. The van der Waals surface area contributed by atoms with Crippen molar-refractivity contribution in [3.05, 3.63) is 23.8 Å². The van der Waals surface area contributed by atoms with Gasteiger partial charge >= 0.3 is 20.2 Å². The van der Waals surface area contributed by atoms with E-state index in [0.717, 1.165) is 24.8 Å². The first-order valence-electron chi connectivity index (χ1n) is 6.01. The minimum atomic E-state index is -3.88. The lowest BCUT2D eigenvalue weighted by Gasteiger charge is -2.11. The summed E-state index contributed by atoms with van der Waals surface area (Å²) < 4.78 is 80.5. The largest absolute Gasteiger partial charge is 0.382 e. The Morgan fingerprint density at radius 2 is 1.39 bits per heavy atom. The van der Waals surface area contributed by atoms with E-state index in [2.05, 4.69) is 8.37 Å². The van der Waals surface area contributed by atoms with Crippen molar-refractivity contribution in [3.8, 4) is 11.5 Å². The second-order valence-electron chi connectivity index (χ2n) is 4.62. The summed E-state index contributed by atoms with van der Waals surface area (Å²) in [6, 6.07) is 3.72. The highest BCUT2D eigenvalue weighted by atomic mass is 32.2. The maximum absolute atomic E-state index is 11.3. The standard InChI is InChI=1S/C11H16O9S3/c1-21(12,13)18-7-6-9-4-5-10(19-22(2,14)15)8-11(9)20-23(3,16)17/h4-5,8H,6-7H2,1-3H3. The van der Waals surface area contributed by atoms with E-state index in [9.17, 15) is 25.3 Å². The summed E-state index contributed by atoms with van der Waals surface area (Å²) >= 11 is 0. The van der Waals surface area contributed by atoms with Crippen LogP contribution in [0.4, 0.5) is 0 Å². The SMILES string of the molecule is CS(=O)(=O)OCCc1ccc(OS(C)(=O)=O)cc1OS(C)(=O)=O. The first-order valence-corrected chi connectivity index (χ1v) is 11.5. The van der Waals surface area contributed by atoms with E-state index >= 15 is 0 Å². The third kappa shape index (κ3) is 8.74. The van der Waals surface area contributed by atoms with Crippen molar-refractivity contribution in [2.75, 3.05) is 25.4 Å². The highest BCUT2D eigenvalue weighted by molar-refractivity contribution is 7.86. The molecule has 0 N–H and O–H groups in total. The van der Waals surface area contributed by atoms with Gasteiger partial charge in [0.05, 0.1) is 25.4 Å². The van der Waals surface area contributed by atoms with Gasteiger partial charge in [-0.2, -0.15) is 25.3 Å². The minimum absolute atomic E-state index is 0.0249. The third-order valence-corrected chi connectivity index (χ3v) is 3.77. The molecule has 23 heavy (non-hydrogen) atoms. The van der Waals surface area contributed by atoms with Crippen molar-refractivity contribution >= 4 is 30.4 Å². The van der Waals surface area contributed by atoms with E-state index in [1.165, 1.54) is 12.1 Å². The Hall–Kier alpha value is -1.37. The summed E-state index contributed by atoms with van der Waals surface area (Å²) in [7, 11) is -11.3. The summed E-state index contributed by atoms with van der Waals surface area (Å²) in [4.78, 5) is 0. The Morgan fingerprint density at radius 3 is 1.87 bits per heavy atom. The van der Waals surface area contributed by atoms with Gasteiger partial charge in [-0.1, -0.05) is 6.07 Å². The van der Waals surface area contributed by atoms with E-state index in [0.29, 0.717) is 5.56 Å². The number of hydrogen-bond acceptors (Lipinski definition) is 9. The summed E-state index contributed by atoms with van der Waals surface area (Å²) in [6.07, 6.45) is 2.55. The maximum atomic E-state index is 11.3. The zero-order valence-electron chi connectivity index (χ0n) is 12.5. The Bertz CT molecular complexity index is 867. The fourth-order valence-electron chi connectivity index (χ4n) is 1.51. The van der Waals surface area contributed by atoms with Gasteiger partial charge in [-0.15, -0.1) is 0 Å². The van der Waals surface area contributed by atoms with Gasteiger partial charge in [-0.05, 0) is 11.6 Å². The fourth-order valence-corrected chi connectivity index (χ4v) is 2.83. The van der Waals surface area contributed by atoms with Gasteiger partial charge in [0.15, 0.2) is 0 Å². The van der Waals surface area contributed by atoms with E-state index < -0.39 is 30.4 Å². The highest BCUT2D eigenvalue weighted by Gasteiger charge is 2.14. The van der Waals surface area contributed by atoms with Crippen molar-refractivity contribution in [1.82, 2.24) is 0 Å². The predicted octanol–water partition coefficient (Wildman–Crippen LogP) is -0.118. The average molecular weight is 388 g/mol. The van der Waals surface area contributed by atoms with Crippen molar-refractivity contribution in [2.24, 2.45) is 0 Å². The summed E-state index contributed by atoms with van der Waals surface area (Å²) in [6.45, 7) is -0.231. The molecule has 0 radical (unpaired) electrons. The smallest absolute Gasteiger partial charge is 0.306 e. The van der Waals surface area contributed by atoms with Crippen LogP contribution in [-0.4, -0.2) is 50.6 Å². The Balaban J connectivity index is 3.08. The van der Waals surface area contributed by atoms with E-state index in [4.69, 9.17) is 4.18 Å². The van der Waals surface area contributed by atoms with Crippen LogP contribution in [0.15, 0.2) is 18.2 Å². The third-order valence-electron chi connectivity index (χ3n) is 2.20. The van der Waals surface area contributed by atoms with E-state index in [1.807, 2.05) is 0 Å². The molecule has 12 heteroatoms. The maximum Gasteiger partial charge on any atom is 0.306 e. The molecule has 1 aromatic rings. The normalized spacial score (nSPS) is 12.8. The van der Waals surface area contributed by atoms with Crippen molar-refractivity contribution in [2.45, 2.75) is 6.42 Å². The first kappa shape index (κ1) is 19.7. The molecule has 0 aliphatic carbocycles. The molecule has 0 bridgehead atoms. The minimum Gasteiger partial charge on any atom is -0.382 e. The average Bonchev–Trinajstić information content (AvgIpc) is 2.26. The van der Waals surface area contributed by atoms with E-state index in [1.54, 1.807) is 0 Å². The van der Waals surface area contributed by atoms with Crippen LogP contribution in [0.3, 0.4) is 0 Å². The number of hydrogen-bond donors (Lipinski definition) is 0. The molecule has 0 aromatic heterocycles. The van der Waals surface area contributed by atoms with Crippen LogP contribution in [0, 0.1) is 0 Å². The molecule has 1 rings (SSSR count). The highest BCUT2D eigenvalue weighted by Crippen LogP contribution is 2.27. The van der Waals surface area contributed by atoms with Crippen molar-refractivity contribution in [3.63, 3.8) is 0 Å². The molecule has 0 spiro atoms. The second-order valence-corrected chi connectivity index (χ2v) is 9.41. The molecule has 0 atom stereocenters. The predicted molar refractivity (Wildman–Crippen MR) is 81.9 cm³/mol. The summed E-state index contributed by atoms with van der Waals surface area (Å²) in [5.74, 6) is -0.315. The fraction of sp³-hybridized carbons (Fsp3) is 0.455. The van der Waals surface area contributed by atoms with Crippen LogP contribution >= 0.6 is 0 Å². The molecule has 9 nitrogen and oxygen atoms in total. The lowest BCUT2D eigenvalue weighted by molar-refractivity contribution is 0.324. The van der Waals surface area contributed by atoms with Crippen LogP contribution < -0.4 is 8.37 Å². The van der Waals surface area contributed by atoms with Crippen molar-refractivity contribution in [1.29, 1.82) is 0 Å². The molecule has 0 unspecified atom stereocenters. The van der Waals surface area contributed by atoms with E-state index in [-0.39, 0.29) is 24.5 Å². The Labute approximate surface area is 135 Å². The van der Waals surface area contributed by atoms with Crippen LogP contribution in [0.2, 0.25) is 0 Å². The molecular weight excluding hydrogens is 372 g/mol. The monoisotopic (exact) mass is 388 g/mol. The van der Waals surface area contributed by atoms with Gasteiger partial charge in [0.25, 0.3) is 10.1 Å². The van der Waals surface area contributed by atoms with Gasteiger partial charge in [0.2, 0.25) is 0 Å². The van der Waals surface area contributed by atoms with Gasteiger partial charge in [0, 0.05) is 12.5 Å². The molecule has 132 valence electrons. The zero-order valence-corrected chi connectivity index (χ0v) is 15.0. The molecule has 0 aliphatic rings. The molecule has 0 saturated carbocycles. The van der Waals surface area contributed by atoms with Crippen LogP contribution in [0.5, 0.6) is 11.5 Å². The Morgan fingerprint density at radius 1 is 0.826 bits per heavy atom. The molecule has 0 fully saturated rings. The summed E-state index contributed by atoms with van der Waals surface area (Å²) in [5, 5.41) is 0. The van der Waals surface area contributed by atoms with Crippen LogP contribution in [0.1, 0.15) is 5.56 Å².